The molecule has 9 rings (SSSR count). The number of nitrogens with zero attached hydrogens (tertiary/aromatic N) is 6. The summed E-state index contributed by atoms with van der Waals surface area (Å²) < 4.78 is 105. The molecule has 0 aliphatic carbocycles. The van der Waals surface area contributed by atoms with Crippen molar-refractivity contribution in [2.75, 3.05) is 77.2 Å². The minimum Gasteiger partial charge on any atom is -0.495 e. The Labute approximate surface area is 410 Å². The predicted molar refractivity (Wildman–Crippen MR) is 264 cm³/mol. The number of methoxy groups -OCH3 is 1. The van der Waals surface area contributed by atoms with Crippen LogP contribution in [0, 0.1) is 31.6 Å². The second-order valence-electron chi connectivity index (χ2n) is 18.8. The van der Waals surface area contributed by atoms with E-state index in [2.05, 4.69) is 32.5 Å². The summed E-state index contributed by atoms with van der Waals surface area (Å²) in [5, 5.41) is 10.9. The van der Waals surface area contributed by atoms with E-state index in [0.29, 0.717) is 73.2 Å². The Balaban J connectivity index is 0.760. The van der Waals surface area contributed by atoms with Crippen LogP contribution in [0.1, 0.15) is 42.0 Å². The molecule has 14 nitrogen and oxygen atoms in total. The molecule has 3 aliphatic heterocycles. The zero-order valence-electron chi connectivity index (χ0n) is 40.1. The maximum atomic E-state index is 14.9. The lowest BCUT2D eigenvalue weighted by molar-refractivity contribution is -0.140. The minimum absolute atomic E-state index is 0.0232. The smallest absolute Gasteiger partial charge is 0.406 e. The average molecular weight is 999 g/mol. The van der Waals surface area contributed by atoms with Crippen LogP contribution in [0.3, 0.4) is 0 Å². The topological polar surface area (TPSA) is 139 Å². The number of sulfonamides is 1. The van der Waals surface area contributed by atoms with Gasteiger partial charge in [0.2, 0.25) is 10.0 Å². The zero-order valence-corrected chi connectivity index (χ0v) is 41.0. The first kappa shape index (κ1) is 49.6. The van der Waals surface area contributed by atoms with Crippen molar-refractivity contribution in [3.05, 3.63) is 118 Å². The van der Waals surface area contributed by atoms with Crippen LogP contribution in [0.4, 0.5) is 28.9 Å². The van der Waals surface area contributed by atoms with Crippen molar-refractivity contribution in [1.29, 1.82) is 0 Å². The second-order valence-corrected chi connectivity index (χ2v) is 20.7. The fraction of sp³-hybridized carbons (Fsp3) is 0.423. The highest BCUT2D eigenvalue weighted by molar-refractivity contribution is 7.89. The molecule has 0 amide bonds. The van der Waals surface area contributed by atoms with Crippen molar-refractivity contribution >= 4 is 32.3 Å². The molecule has 0 bridgehead atoms. The summed E-state index contributed by atoms with van der Waals surface area (Å²) in [4.78, 5) is 17.1. The van der Waals surface area contributed by atoms with Crippen LogP contribution < -0.4 is 25.7 Å². The average Bonchev–Trinajstić information content (AvgIpc) is 3.85. The van der Waals surface area contributed by atoms with Gasteiger partial charge in [-0.05, 0) is 119 Å². The number of hydrogen-bond acceptors (Lipinski definition) is 11. The van der Waals surface area contributed by atoms with Gasteiger partial charge in [0.1, 0.15) is 30.0 Å². The molecule has 3 saturated heterocycles. The van der Waals surface area contributed by atoms with Gasteiger partial charge in [-0.15, -0.1) is 0 Å². The van der Waals surface area contributed by atoms with E-state index in [1.54, 1.807) is 47.0 Å². The second kappa shape index (κ2) is 20.8. The number of alkyl halides is 4. The lowest BCUT2D eigenvalue weighted by atomic mass is 9.95. The number of piperidine rings is 2. The third-order valence-electron chi connectivity index (χ3n) is 13.8. The number of rotatable bonds is 15. The summed E-state index contributed by atoms with van der Waals surface area (Å²) in [6.07, 6.45) is -1.43. The molecule has 0 spiro atoms. The van der Waals surface area contributed by atoms with Gasteiger partial charge in [-0.3, -0.25) is 9.69 Å². The van der Waals surface area contributed by atoms with Gasteiger partial charge >= 0.3 is 6.18 Å². The molecule has 6 aromatic rings. The van der Waals surface area contributed by atoms with E-state index in [1.165, 1.54) is 23.5 Å². The van der Waals surface area contributed by atoms with Gasteiger partial charge < -0.3 is 38.7 Å². The van der Waals surface area contributed by atoms with Crippen molar-refractivity contribution in [2.45, 2.75) is 75.5 Å². The van der Waals surface area contributed by atoms with Crippen LogP contribution in [-0.4, -0.2) is 128 Å². The van der Waals surface area contributed by atoms with Gasteiger partial charge in [-0.2, -0.15) is 17.5 Å². The number of nitrogens with one attached hydrogen (secondary N) is 2. The first-order valence-corrected chi connectivity index (χ1v) is 25.3. The van der Waals surface area contributed by atoms with Crippen LogP contribution >= 0.6 is 0 Å². The molecule has 2 N–H and O–H groups in total. The fourth-order valence-corrected chi connectivity index (χ4v) is 11.4. The highest BCUT2D eigenvalue weighted by atomic mass is 32.2. The molecular weight excluding hydrogens is 941 g/mol. The third-order valence-corrected chi connectivity index (χ3v) is 15.6. The largest absolute Gasteiger partial charge is 0.495 e. The Morgan fingerprint density at radius 1 is 0.930 bits per heavy atom. The summed E-state index contributed by atoms with van der Waals surface area (Å²) in [7, 11) is -0.542. The molecule has 376 valence electrons. The van der Waals surface area contributed by atoms with E-state index < -0.39 is 35.0 Å². The van der Waals surface area contributed by atoms with E-state index >= 15 is 0 Å². The number of aryl methyl sites for hydroxylation is 2. The van der Waals surface area contributed by atoms with Crippen molar-refractivity contribution in [3.8, 4) is 34.5 Å². The number of benzene rings is 3. The molecule has 3 aromatic heterocycles. The van der Waals surface area contributed by atoms with Crippen LogP contribution in [0.5, 0.6) is 11.5 Å². The Kier molecular flexibility index (Phi) is 14.5. The Hall–Kier alpha value is -6.33. The number of ether oxygens (including phenoxy) is 2. The Bertz CT molecular complexity index is 3090. The van der Waals surface area contributed by atoms with Gasteiger partial charge in [0, 0.05) is 72.8 Å². The molecular formula is C52H58F4N8O6S. The highest BCUT2D eigenvalue weighted by Gasteiger charge is 2.41. The lowest BCUT2D eigenvalue weighted by Gasteiger charge is -2.46. The molecule has 19 heteroatoms. The predicted octanol–water partition coefficient (Wildman–Crippen LogP) is 7.78. The van der Waals surface area contributed by atoms with Crippen LogP contribution in [0.2, 0.25) is 0 Å². The molecule has 0 saturated carbocycles. The number of fused-ring (bicyclic) bond motifs is 1. The van der Waals surface area contributed by atoms with Crippen molar-refractivity contribution < 1.29 is 40.0 Å². The van der Waals surface area contributed by atoms with Crippen LogP contribution in [0.15, 0.2) is 99.3 Å². The maximum absolute atomic E-state index is 14.9. The molecule has 0 unspecified atom stereocenters. The van der Waals surface area contributed by atoms with E-state index in [4.69, 9.17) is 14.0 Å². The quantitative estimate of drug-likeness (QED) is 0.0771. The van der Waals surface area contributed by atoms with E-state index in [-0.39, 0.29) is 41.0 Å². The summed E-state index contributed by atoms with van der Waals surface area (Å²) >= 11 is 0. The number of halogens is 4. The Morgan fingerprint density at radius 3 is 2.45 bits per heavy atom. The molecule has 2 atom stereocenters. The van der Waals surface area contributed by atoms with Gasteiger partial charge in [-0.25, -0.2) is 12.8 Å². The minimum atomic E-state index is -4.51. The number of likely N-dealkylation sites (tertiary alicyclic amines) is 2. The summed E-state index contributed by atoms with van der Waals surface area (Å²) in [5.74, 6) is 7.85. The molecule has 3 fully saturated rings. The molecule has 6 heterocycles. The fourth-order valence-electron chi connectivity index (χ4n) is 9.85. The van der Waals surface area contributed by atoms with Crippen molar-refractivity contribution in [3.63, 3.8) is 0 Å². The first-order chi connectivity index (χ1) is 34.0. The third kappa shape index (κ3) is 11.3. The zero-order chi connectivity index (χ0) is 50.0. The van der Waals surface area contributed by atoms with Crippen LogP contribution in [0.25, 0.3) is 22.0 Å². The van der Waals surface area contributed by atoms with E-state index in [1.807, 2.05) is 56.3 Å². The van der Waals surface area contributed by atoms with E-state index in [0.717, 1.165) is 58.6 Å². The summed E-state index contributed by atoms with van der Waals surface area (Å²) in [6, 6.07) is 21.9. The SMILES string of the molecule is COc1cc(S(=O)(=O)N2CC(N3CCC(COc4cccc(Cn5cc(-c6c(C)noc6C)ccc5=O)c4)CC3)C2)ccc1NCC#Cc1cc2c(N[C@@H]3CCN(C)C[C@@H]3F)cccc2n1CC(F)(F)F. The van der Waals surface area contributed by atoms with Gasteiger partial charge in [0.15, 0.2) is 0 Å². The molecule has 3 aromatic carbocycles. The maximum Gasteiger partial charge on any atom is 0.406 e. The number of pyridine rings is 1. The normalized spacial score (nSPS) is 18.8. The van der Waals surface area contributed by atoms with Crippen LogP contribution in [-0.2, 0) is 23.1 Å². The summed E-state index contributed by atoms with van der Waals surface area (Å²) in [6.45, 7) is 6.81. The summed E-state index contributed by atoms with van der Waals surface area (Å²) in [5.41, 5.74) is 4.83. The number of aromatic nitrogens is 3. The van der Waals surface area contributed by atoms with Gasteiger partial charge in [0.25, 0.3) is 5.56 Å². The first-order valence-electron chi connectivity index (χ1n) is 23.8. The van der Waals surface area contributed by atoms with Gasteiger partial charge in [0.05, 0.1) is 60.3 Å². The number of hydrogen-bond donors (Lipinski definition) is 2. The number of anilines is 2. The highest BCUT2D eigenvalue weighted by Crippen LogP contribution is 2.35. The molecule has 71 heavy (non-hydrogen) atoms. The lowest BCUT2D eigenvalue weighted by Crippen LogP contribution is -2.62. The molecule has 0 radical (unpaired) electrons. The van der Waals surface area contributed by atoms with Crippen molar-refractivity contribution in [1.82, 2.24) is 28.4 Å². The standard InChI is InChI=1S/C52H58F4N8O6S/c1-34-51(35(2)70-59-34)38-13-16-50(65)62(28-38)27-37-8-5-10-41(24-37)69-32-36-17-22-61(23-18-36)40-29-63(30-40)71(66,67)42-14-15-47(49(26-42)68-4)57-20-7-9-39-25-43-45(58-46-19-21-60(3)31-44(46)53)11-6-12-48(43)64(39)33-52(54,55)56/h5-6,8,10-16,24-26,28,36,40,44,46,57-58H,17-23,27,29-33H2,1-4H3/t44-,46+/m0/s1. The van der Waals surface area contributed by atoms with Gasteiger partial charge in [-0.1, -0.05) is 29.3 Å². The van der Waals surface area contributed by atoms with E-state index in [9.17, 15) is 30.8 Å². The Morgan fingerprint density at radius 2 is 1.72 bits per heavy atom. The van der Waals surface area contributed by atoms with Crippen molar-refractivity contribution in [2.24, 2.45) is 5.92 Å². The molecule has 3 aliphatic rings. The monoisotopic (exact) mass is 998 g/mol.